The van der Waals surface area contributed by atoms with Gasteiger partial charge in [0.15, 0.2) is 6.17 Å². The summed E-state index contributed by atoms with van der Waals surface area (Å²) in [5.74, 6) is 0. The van der Waals surface area contributed by atoms with Gasteiger partial charge < -0.3 is 4.90 Å². The van der Waals surface area contributed by atoms with Gasteiger partial charge in [-0.15, -0.1) is 0 Å². The summed E-state index contributed by atoms with van der Waals surface area (Å²) in [6.07, 6.45) is 3.61. The van der Waals surface area contributed by atoms with Crippen molar-refractivity contribution in [1.82, 2.24) is 9.91 Å². The zero-order valence-corrected chi connectivity index (χ0v) is 10.5. The van der Waals surface area contributed by atoms with Crippen molar-refractivity contribution in [2.75, 3.05) is 13.6 Å². The van der Waals surface area contributed by atoms with Crippen molar-refractivity contribution in [3.63, 3.8) is 0 Å². The third-order valence-corrected chi connectivity index (χ3v) is 2.70. The van der Waals surface area contributed by atoms with Gasteiger partial charge in [-0.05, 0) is 6.42 Å². The van der Waals surface area contributed by atoms with E-state index in [-0.39, 0.29) is 6.17 Å². The summed E-state index contributed by atoms with van der Waals surface area (Å²) in [5.41, 5.74) is 0. The zero-order valence-electron chi connectivity index (χ0n) is 8.25. The van der Waals surface area contributed by atoms with E-state index >= 15 is 0 Å². The third-order valence-electron chi connectivity index (χ3n) is 2.11. The molecule has 0 saturated heterocycles. The first-order chi connectivity index (χ1) is 6.46. The van der Waals surface area contributed by atoms with Crippen LogP contribution in [-0.2, 0) is 0 Å². The van der Waals surface area contributed by atoms with E-state index in [1.807, 2.05) is 4.90 Å². The number of hydrazone groups is 1. The van der Waals surface area contributed by atoms with Crippen molar-refractivity contribution in [2.45, 2.75) is 29.7 Å². The van der Waals surface area contributed by atoms with Crippen LogP contribution in [0.15, 0.2) is 5.10 Å². The Hall–Kier alpha value is 0.140. The molecule has 0 amide bonds. The van der Waals surface area contributed by atoms with Crippen LogP contribution in [0.1, 0.15) is 19.8 Å². The molecule has 0 fully saturated rings. The van der Waals surface area contributed by atoms with E-state index in [0.29, 0.717) is 0 Å². The first kappa shape index (κ1) is 12.2. The Morgan fingerprint density at radius 3 is 2.57 bits per heavy atom. The first-order valence-electron chi connectivity index (χ1n) is 4.56. The molecule has 0 N–H and O–H groups in total. The highest BCUT2D eigenvalue weighted by molar-refractivity contribution is 6.68. The Morgan fingerprint density at radius 2 is 2.07 bits per heavy atom. The molecule has 1 atom stereocenters. The van der Waals surface area contributed by atoms with Gasteiger partial charge in [0, 0.05) is 13.6 Å². The van der Waals surface area contributed by atoms with Gasteiger partial charge in [-0.3, -0.25) is 5.01 Å². The van der Waals surface area contributed by atoms with Crippen molar-refractivity contribution in [3.05, 3.63) is 0 Å². The lowest BCUT2D eigenvalue weighted by atomic mass is 10.3. The zero-order chi connectivity index (χ0) is 10.8. The van der Waals surface area contributed by atoms with Crippen LogP contribution in [0.4, 0.5) is 0 Å². The van der Waals surface area contributed by atoms with Crippen molar-refractivity contribution in [1.29, 1.82) is 0 Å². The number of halogens is 3. The minimum Gasteiger partial charge on any atom is -0.336 e. The van der Waals surface area contributed by atoms with E-state index in [1.165, 1.54) is 0 Å². The van der Waals surface area contributed by atoms with Gasteiger partial charge in [0.2, 0.25) is 3.79 Å². The number of hydrogen-bond acceptors (Lipinski definition) is 3. The second-order valence-corrected chi connectivity index (χ2v) is 5.68. The van der Waals surface area contributed by atoms with Crippen molar-refractivity contribution in [3.8, 4) is 0 Å². The second kappa shape index (κ2) is 4.77. The minimum atomic E-state index is -1.33. The van der Waals surface area contributed by atoms with E-state index in [1.54, 1.807) is 18.4 Å². The smallest absolute Gasteiger partial charge is 0.230 e. The van der Waals surface area contributed by atoms with Crippen LogP contribution in [0.2, 0.25) is 0 Å². The molecule has 0 bridgehead atoms. The van der Waals surface area contributed by atoms with Crippen LogP contribution >= 0.6 is 34.8 Å². The lowest BCUT2D eigenvalue weighted by Gasteiger charge is -2.33. The third kappa shape index (κ3) is 2.81. The molecular weight excluding hydrogens is 244 g/mol. The first-order valence-corrected chi connectivity index (χ1v) is 5.69. The maximum absolute atomic E-state index is 5.88. The number of unbranched alkanes of at least 4 members (excludes halogenated alkanes) is 1. The fourth-order valence-electron chi connectivity index (χ4n) is 1.41. The molecule has 0 saturated carbocycles. The summed E-state index contributed by atoms with van der Waals surface area (Å²) in [6, 6.07) is 0. The summed E-state index contributed by atoms with van der Waals surface area (Å²) in [4.78, 5) is 1.95. The molecule has 1 aliphatic heterocycles. The molecule has 1 heterocycles. The molecule has 1 aliphatic rings. The Kier molecular flexibility index (Phi) is 4.16. The molecule has 1 unspecified atom stereocenters. The van der Waals surface area contributed by atoms with E-state index < -0.39 is 3.79 Å². The van der Waals surface area contributed by atoms with Gasteiger partial charge in [0.25, 0.3) is 0 Å². The van der Waals surface area contributed by atoms with Crippen LogP contribution in [0.5, 0.6) is 0 Å². The van der Waals surface area contributed by atoms with Crippen LogP contribution in [0, 0.1) is 0 Å². The number of alkyl halides is 3. The average molecular weight is 259 g/mol. The molecular formula is C8H14Cl3N3. The molecule has 14 heavy (non-hydrogen) atoms. The van der Waals surface area contributed by atoms with E-state index in [0.717, 1.165) is 19.4 Å². The molecule has 1 rings (SSSR count). The molecule has 0 spiro atoms. The largest absolute Gasteiger partial charge is 0.336 e. The monoisotopic (exact) mass is 257 g/mol. The highest BCUT2D eigenvalue weighted by Crippen LogP contribution is 2.36. The molecule has 0 aromatic carbocycles. The summed E-state index contributed by atoms with van der Waals surface area (Å²) in [6.45, 7) is 2.99. The average Bonchev–Trinajstić information content (AvgIpc) is 2.42. The van der Waals surface area contributed by atoms with Crippen LogP contribution in [0.3, 0.4) is 0 Å². The lowest BCUT2D eigenvalue weighted by molar-refractivity contribution is 0.163. The standard InChI is InChI=1S/C8H14Cl3N3/c1-3-4-5-14-6-12-13(2)7(14)8(9,10)11/h6-7H,3-5H2,1-2H3. The van der Waals surface area contributed by atoms with Gasteiger partial charge in [0.1, 0.15) is 6.34 Å². The van der Waals surface area contributed by atoms with Crippen molar-refractivity contribution < 1.29 is 0 Å². The van der Waals surface area contributed by atoms with Crippen molar-refractivity contribution in [2.24, 2.45) is 5.10 Å². The molecule has 0 aromatic heterocycles. The predicted molar refractivity (Wildman–Crippen MR) is 61.9 cm³/mol. The van der Waals surface area contributed by atoms with Crippen LogP contribution in [0.25, 0.3) is 0 Å². The predicted octanol–water partition coefficient (Wildman–Crippen LogP) is 2.67. The lowest BCUT2D eigenvalue weighted by Crippen LogP contribution is -2.47. The van der Waals surface area contributed by atoms with E-state index in [2.05, 4.69) is 12.0 Å². The highest BCUT2D eigenvalue weighted by atomic mass is 35.6. The second-order valence-electron chi connectivity index (χ2n) is 3.31. The van der Waals surface area contributed by atoms with Gasteiger partial charge >= 0.3 is 0 Å². The fourth-order valence-corrected chi connectivity index (χ4v) is 2.21. The number of hydrogen-bond donors (Lipinski definition) is 0. The molecule has 0 aromatic rings. The van der Waals surface area contributed by atoms with Crippen LogP contribution in [-0.4, -0.2) is 39.8 Å². The molecule has 82 valence electrons. The highest BCUT2D eigenvalue weighted by Gasteiger charge is 2.41. The summed E-state index contributed by atoms with van der Waals surface area (Å²) in [5, 5.41) is 5.77. The van der Waals surface area contributed by atoms with Crippen LogP contribution < -0.4 is 0 Å². The molecule has 0 radical (unpaired) electrons. The summed E-state index contributed by atoms with van der Waals surface area (Å²) >= 11 is 17.6. The normalized spacial score (nSPS) is 22.2. The Bertz CT molecular complexity index is 214. The molecule has 0 aliphatic carbocycles. The fraction of sp³-hybridized carbons (Fsp3) is 0.875. The van der Waals surface area contributed by atoms with Gasteiger partial charge in [-0.2, -0.15) is 5.10 Å². The van der Waals surface area contributed by atoms with Gasteiger partial charge in [0.05, 0.1) is 0 Å². The Labute approximate surface area is 99.6 Å². The summed E-state index contributed by atoms with van der Waals surface area (Å²) < 4.78 is -1.33. The van der Waals surface area contributed by atoms with E-state index in [9.17, 15) is 0 Å². The maximum Gasteiger partial charge on any atom is 0.230 e. The van der Waals surface area contributed by atoms with E-state index in [4.69, 9.17) is 34.8 Å². The molecule has 6 heteroatoms. The quantitative estimate of drug-likeness (QED) is 0.725. The maximum atomic E-state index is 5.88. The Balaban J connectivity index is 2.62. The summed E-state index contributed by atoms with van der Waals surface area (Å²) in [7, 11) is 1.80. The minimum absolute atomic E-state index is 0.293. The van der Waals surface area contributed by atoms with Gasteiger partial charge in [-0.1, -0.05) is 48.1 Å². The van der Waals surface area contributed by atoms with Gasteiger partial charge in [-0.25, -0.2) is 0 Å². The number of nitrogens with zero attached hydrogens (tertiary/aromatic N) is 3. The molecule has 3 nitrogen and oxygen atoms in total. The topological polar surface area (TPSA) is 18.8 Å². The SMILES string of the molecule is CCCCN1C=NN(C)C1C(Cl)(Cl)Cl. The van der Waals surface area contributed by atoms with Crippen molar-refractivity contribution >= 4 is 41.1 Å². The Morgan fingerprint density at radius 1 is 1.43 bits per heavy atom. The number of rotatable bonds is 3.